The normalized spacial score (nSPS) is 8.83. The molecule has 0 aliphatic heterocycles. The predicted octanol–water partition coefficient (Wildman–Crippen LogP) is 1.15. The summed E-state index contributed by atoms with van der Waals surface area (Å²) in [6.07, 6.45) is 5.94. The van der Waals surface area contributed by atoms with Gasteiger partial charge in [-0.1, -0.05) is 53.9 Å². The Kier molecular flexibility index (Phi) is 86.0. The van der Waals surface area contributed by atoms with Gasteiger partial charge in [-0.3, -0.25) is 13.6 Å². The molecule has 0 spiro atoms. The standard InChI is InChI=1S/C6H15O4P.2C4H10O.C4H9O.CH4.3Li.H2/c1-4-8-11(7,9-5-2)10-6-3;3*1-2-3-4-5;;;;;/h4-6H2,1-3H3;2*5H,2-4H2,1H3;2-4H2,1H3;1H4;;;;1H/q;;;-1;;;;+1;/p+1. The molecule has 0 bridgehead atoms. The van der Waals surface area contributed by atoms with Gasteiger partial charge in [-0.15, -0.1) is 6.61 Å². The van der Waals surface area contributed by atoms with E-state index in [1.54, 1.807) is 20.8 Å². The van der Waals surface area contributed by atoms with Gasteiger partial charge >= 0.3 is 58.9 Å². The van der Waals surface area contributed by atoms with Gasteiger partial charge in [-0.25, -0.2) is 4.57 Å². The molecule has 0 radical (unpaired) electrons. The van der Waals surface area contributed by atoms with Crippen molar-refractivity contribution in [3.8, 4) is 0 Å². The molecule has 0 aromatic rings. The fourth-order valence-corrected chi connectivity index (χ4v) is 2.22. The zero-order chi connectivity index (χ0) is 23.1. The van der Waals surface area contributed by atoms with E-state index in [-0.39, 0.29) is 35.7 Å². The Morgan fingerprint density at radius 3 is 1.13 bits per heavy atom. The zero-order valence-electron chi connectivity index (χ0n) is 21.9. The number of rotatable bonds is 12. The summed E-state index contributed by atoms with van der Waals surface area (Å²) in [5.41, 5.74) is 0. The van der Waals surface area contributed by atoms with Crippen LogP contribution in [0.2, 0.25) is 0 Å². The third-order valence-corrected chi connectivity index (χ3v) is 4.11. The van der Waals surface area contributed by atoms with E-state index in [9.17, 15) is 9.67 Å². The molecule has 0 rings (SSSR count). The van der Waals surface area contributed by atoms with E-state index in [1.165, 1.54) is 0 Å². The van der Waals surface area contributed by atoms with Gasteiger partial charge in [0.25, 0.3) is 0 Å². The molecular formula is C19H51Li3O7P+. The van der Waals surface area contributed by atoms with Crippen molar-refractivity contribution in [1.29, 1.82) is 0 Å². The van der Waals surface area contributed by atoms with Gasteiger partial charge < -0.3 is 15.3 Å². The molecule has 0 saturated heterocycles. The van der Waals surface area contributed by atoms with Crippen LogP contribution in [0.1, 0.15) is 90.3 Å². The molecule has 0 aliphatic carbocycles. The monoisotopic (exact) mass is 443 g/mol. The number of unbranched alkanes of at least 4 members (excludes halogenated alkanes) is 3. The summed E-state index contributed by atoms with van der Waals surface area (Å²) in [7, 11) is -3.22. The number of phosphoric acid groups is 1. The minimum absolute atomic E-state index is 0. The second-order valence-corrected chi connectivity index (χ2v) is 6.58. The van der Waals surface area contributed by atoms with E-state index in [4.69, 9.17) is 23.8 Å². The van der Waals surface area contributed by atoms with E-state index in [1.807, 2.05) is 37.7 Å². The van der Waals surface area contributed by atoms with Gasteiger partial charge in [0.2, 0.25) is 0 Å². The second-order valence-electron chi connectivity index (χ2n) is 4.91. The molecule has 0 heterocycles. The maximum absolute atomic E-state index is 11.3. The van der Waals surface area contributed by atoms with Crippen molar-refractivity contribution < 1.29 is 55.2 Å². The van der Waals surface area contributed by atoms with Crippen LogP contribution in [-0.4, -0.2) is 80.6 Å². The molecule has 0 atom stereocenters. The third kappa shape index (κ3) is 63.0. The molecule has 2 N–H and O–H groups in total. The second kappa shape index (κ2) is 52.6. The first-order valence-corrected chi connectivity index (χ1v) is 12.2. The van der Waals surface area contributed by atoms with Gasteiger partial charge in [0, 0.05) is 14.6 Å². The average molecular weight is 443 g/mol. The fourth-order valence-electron chi connectivity index (χ4n) is 1.05. The number of hydrogen-bond acceptors (Lipinski definition) is 7. The molecule has 0 unspecified atom stereocenters. The first kappa shape index (κ1) is 49.0. The first-order chi connectivity index (χ1) is 13.4. The Balaban J connectivity index is -0.0000000313. The maximum atomic E-state index is 11.3. The van der Waals surface area contributed by atoms with E-state index < -0.39 is 7.82 Å². The predicted molar refractivity (Wildman–Crippen MR) is 128 cm³/mol. The summed E-state index contributed by atoms with van der Waals surface area (Å²) in [5, 5.41) is 25.7. The van der Waals surface area contributed by atoms with Crippen molar-refractivity contribution in [2.24, 2.45) is 0 Å². The Morgan fingerprint density at radius 1 is 0.800 bits per heavy atom. The molecule has 176 valence electrons. The summed E-state index contributed by atoms with van der Waals surface area (Å²) in [6.45, 7) is 13.1. The molecule has 0 aromatic heterocycles. The van der Waals surface area contributed by atoms with E-state index in [0.29, 0.717) is 33.0 Å². The van der Waals surface area contributed by atoms with Crippen molar-refractivity contribution >= 4 is 38.6 Å². The zero-order valence-corrected chi connectivity index (χ0v) is 21.8. The van der Waals surface area contributed by atoms with Gasteiger partial charge in [0.05, 0.1) is 19.8 Å². The Hall–Kier alpha value is 1.78. The molecule has 7 nitrogen and oxygen atoms in total. The summed E-state index contributed by atoms with van der Waals surface area (Å²) in [6, 6.07) is 0. The average Bonchev–Trinajstić information content (AvgIpc) is 2.67. The molecule has 0 aliphatic rings. The SMILES string of the molecule is C.CCCCO.CCCCO.CCCC[O-].CCOP(=O)(OCC)OCC.[H+].[HH].[Li+].[Li][Li]. The van der Waals surface area contributed by atoms with Crippen molar-refractivity contribution in [3.63, 3.8) is 0 Å². The van der Waals surface area contributed by atoms with E-state index in [2.05, 4.69) is 13.8 Å². The van der Waals surface area contributed by atoms with Crippen molar-refractivity contribution in [1.82, 2.24) is 0 Å². The molecule has 0 fully saturated rings. The van der Waals surface area contributed by atoms with Gasteiger partial charge in [-0.05, 0) is 33.6 Å². The van der Waals surface area contributed by atoms with Gasteiger partial charge in [-0.2, -0.15) is 0 Å². The molecular weight excluding hydrogens is 392 g/mol. The number of aliphatic hydroxyl groups is 2. The quantitative estimate of drug-likeness (QED) is 0.344. The Labute approximate surface area is 220 Å². The topological polar surface area (TPSA) is 108 Å². The van der Waals surface area contributed by atoms with Crippen molar-refractivity contribution in [2.45, 2.75) is 87.5 Å². The summed E-state index contributed by atoms with van der Waals surface area (Å²) in [4.78, 5) is 0. The first-order valence-electron chi connectivity index (χ1n) is 10.8. The number of aliphatic hydroxyl groups excluding tert-OH is 2. The molecule has 0 amide bonds. The Bertz CT molecular complexity index is 235. The summed E-state index contributed by atoms with van der Waals surface area (Å²) in [5.74, 6) is 0. The van der Waals surface area contributed by atoms with Crippen LogP contribution < -0.4 is 24.0 Å². The van der Waals surface area contributed by atoms with Crippen molar-refractivity contribution in [2.75, 3.05) is 39.6 Å². The van der Waals surface area contributed by atoms with Crippen LogP contribution in [-0.2, 0) is 18.1 Å². The molecule has 11 heteroatoms. The number of hydrogen-bond donors (Lipinski definition) is 2. The molecule has 0 aromatic carbocycles. The van der Waals surface area contributed by atoms with Gasteiger partial charge in [0.1, 0.15) is 0 Å². The third-order valence-electron chi connectivity index (χ3n) is 2.38. The van der Waals surface area contributed by atoms with Crippen LogP contribution >= 0.6 is 7.82 Å². The van der Waals surface area contributed by atoms with Gasteiger partial charge in [0.15, 0.2) is 0 Å². The molecule has 30 heavy (non-hydrogen) atoms. The van der Waals surface area contributed by atoms with Crippen LogP contribution in [0.5, 0.6) is 0 Å². The van der Waals surface area contributed by atoms with E-state index in [0.717, 1.165) is 38.5 Å². The number of phosphoric ester groups is 1. The van der Waals surface area contributed by atoms with Crippen LogP contribution in [0.15, 0.2) is 0 Å². The van der Waals surface area contributed by atoms with Crippen LogP contribution in [0.4, 0.5) is 0 Å². The minimum atomic E-state index is -3.22. The summed E-state index contributed by atoms with van der Waals surface area (Å²) < 4.78 is 25.8. The van der Waals surface area contributed by atoms with Crippen LogP contribution in [0.25, 0.3) is 0 Å². The van der Waals surface area contributed by atoms with Crippen LogP contribution in [0, 0.1) is 0 Å². The van der Waals surface area contributed by atoms with E-state index >= 15 is 0 Å². The molecule has 0 saturated carbocycles. The van der Waals surface area contributed by atoms with Crippen molar-refractivity contribution in [3.05, 3.63) is 0 Å². The van der Waals surface area contributed by atoms with Crippen LogP contribution in [0.3, 0.4) is 0 Å². The summed E-state index contributed by atoms with van der Waals surface area (Å²) >= 11 is 4.00. The fraction of sp³-hybridized carbons (Fsp3) is 1.00. The Morgan fingerprint density at radius 2 is 1.07 bits per heavy atom.